The van der Waals surface area contributed by atoms with Gasteiger partial charge in [-0.3, -0.25) is 4.98 Å². The Bertz CT molecular complexity index is 701. The van der Waals surface area contributed by atoms with Crippen LogP contribution in [0.15, 0.2) is 22.9 Å². The van der Waals surface area contributed by atoms with Gasteiger partial charge in [-0.05, 0) is 45.7 Å². The molecular formula is C16H20N4O3. The van der Waals surface area contributed by atoms with Crippen LogP contribution in [-0.4, -0.2) is 26.8 Å². The summed E-state index contributed by atoms with van der Waals surface area (Å²) in [5.41, 5.74) is 1.40. The Labute approximate surface area is 134 Å². The number of carbonyl (C=O) groups excluding carboxylic acids is 1. The summed E-state index contributed by atoms with van der Waals surface area (Å²) in [4.78, 5) is 20.3. The molecule has 122 valence electrons. The van der Waals surface area contributed by atoms with Crippen molar-refractivity contribution in [3.63, 3.8) is 0 Å². The topological polar surface area (TPSA) is 90.1 Å². The SMILES string of the molecule is CC(C)(C)OC(=O)NCc1nc(-c2ccnc(C3CC3)c2)no1. The van der Waals surface area contributed by atoms with Crippen LogP contribution in [0, 0.1) is 0 Å². The molecule has 1 N–H and O–H groups in total. The van der Waals surface area contributed by atoms with Gasteiger partial charge in [0.2, 0.25) is 11.7 Å². The Morgan fingerprint density at radius 2 is 2.22 bits per heavy atom. The molecule has 0 bridgehead atoms. The van der Waals surface area contributed by atoms with E-state index < -0.39 is 11.7 Å². The zero-order valence-corrected chi connectivity index (χ0v) is 13.5. The van der Waals surface area contributed by atoms with Gasteiger partial charge in [0.1, 0.15) is 12.1 Å². The van der Waals surface area contributed by atoms with Gasteiger partial charge in [-0.1, -0.05) is 5.16 Å². The van der Waals surface area contributed by atoms with E-state index in [1.807, 2.05) is 12.1 Å². The molecule has 2 aromatic rings. The van der Waals surface area contributed by atoms with Gasteiger partial charge in [0.25, 0.3) is 0 Å². The van der Waals surface area contributed by atoms with Gasteiger partial charge in [-0.15, -0.1) is 0 Å². The first kappa shape index (κ1) is 15.5. The second kappa shape index (κ2) is 5.98. The number of aromatic nitrogens is 3. The fourth-order valence-corrected chi connectivity index (χ4v) is 2.10. The third-order valence-corrected chi connectivity index (χ3v) is 3.29. The first-order valence-corrected chi connectivity index (χ1v) is 7.66. The summed E-state index contributed by atoms with van der Waals surface area (Å²) in [5.74, 6) is 1.39. The Kier molecular flexibility index (Phi) is 4.02. The second-order valence-electron chi connectivity index (χ2n) is 6.61. The van der Waals surface area contributed by atoms with E-state index in [2.05, 4.69) is 20.4 Å². The minimum absolute atomic E-state index is 0.127. The van der Waals surface area contributed by atoms with Gasteiger partial charge in [0.15, 0.2) is 0 Å². The van der Waals surface area contributed by atoms with Gasteiger partial charge in [-0.2, -0.15) is 4.98 Å². The Morgan fingerprint density at radius 3 is 2.91 bits per heavy atom. The van der Waals surface area contributed by atoms with Gasteiger partial charge in [-0.25, -0.2) is 4.79 Å². The van der Waals surface area contributed by atoms with E-state index in [1.54, 1.807) is 27.0 Å². The van der Waals surface area contributed by atoms with Crippen molar-refractivity contribution in [3.05, 3.63) is 29.9 Å². The Balaban J connectivity index is 1.62. The molecule has 1 fully saturated rings. The molecular weight excluding hydrogens is 296 g/mol. The van der Waals surface area contributed by atoms with Gasteiger partial charge < -0.3 is 14.6 Å². The maximum atomic E-state index is 11.6. The Morgan fingerprint density at radius 1 is 1.43 bits per heavy atom. The lowest BCUT2D eigenvalue weighted by Gasteiger charge is -2.19. The predicted octanol–water partition coefficient (Wildman–Crippen LogP) is 3.03. The number of ether oxygens (including phenoxy) is 1. The molecule has 1 aliphatic rings. The van der Waals surface area contributed by atoms with Crippen molar-refractivity contribution in [1.29, 1.82) is 0 Å². The largest absolute Gasteiger partial charge is 0.444 e. The summed E-state index contributed by atoms with van der Waals surface area (Å²) >= 11 is 0. The molecule has 23 heavy (non-hydrogen) atoms. The van der Waals surface area contributed by atoms with Gasteiger partial charge >= 0.3 is 6.09 Å². The van der Waals surface area contributed by atoms with E-state index in [1.165, 1.54) is 12.8 Å². The monoisotopic (exact) mass is 316 g/mol. The lowest BCUT2D eigenvalue weighted by molar-refractivity contribution is 0.0518. The molecule has 7 heteroatoms. The number of rotatable bonds is 4. The number of nitrogens with one attached hydrogen (secondary N) is 1. The van der Waals surface area contributed by atoms with E-state index in [9.17, 15) is 4.79 Å². The highest BCUT2D eigenvalue weighted by Crippen LogP contribution is 2.39. The molecule has 2 aromatic heterocycles. The van der Waals surface area contributed by atoms with Gasteiger partial charge in [0.05, 0.1) is 0 Å². The van der Waals surface area contributed by atoms with Crippen molar-refractivity contribution >= 4 is 6.09 Å². The molecule has 1 amide bonds. The summed E-state index contributed by atoms with van der Waals surface area (Å²) in [6.07, 6.45) is 3.62. The van der Waals surface area contributed by atoms with Crippen LogP contribution in [0.3, 0.4) is 0 Å². The third kappa shape index (κ3) is 4.28. The molecule has 0 spiro atoms. The molecule has 1 aliphatic carbocycles. The maximum Gasteiger partial charge on any atom is 0.408 e. The van der Waals surface area contributed by atoms with Crippen molar-refractivity contribution in [2.75, 3.05) is 0 Å². The minimum Gasteiger partial charge on any atom is -0.444 e. The van der Waals surface area contributed by atoms with Crippen molar-refractivity contribution in [2.24, 2.45) is 0 Å². The van der Waals surface area contributed by atoms with Crippen LogP contribution >= 0.6 is 0 Å². The lowest BCUT2D eigenvalue weighted by atomic mass is 10.2. The molecule has 0 unspecified atom stereocenters. The van der Waals surface area contributed by atoms with Gasteiger partial charge in [0, 0.05) is 23.4 Å². The molecule has 0 aromatic carbocycles. The maximum absolute atomic E-state index is 11.6. The standard InChI is InChI=1S/C16H20N4O3/c1-16(2,3)22-15(21)18-9-13-19-14(20-23-13)11-6-7-17-12(8-11)10-4-5-10/h6-8,10H,4-5,9H2,1-3H3,(H,18,21). The number of pyridine rings is 1. The number of amides is 1. The van der Waals surface area contributed by atoms with Crippen LogP contribution < -0.4 is 5.32 Å². The fraction of sp³-hybridized carbons (Fsp3) is 0.500. The molecule has 0 aliphatic heterocycles. The van der Waals surface area contributed by atoms with Crippen molar-refractivity contribution < 1.29 is 14.1 Å². The number of alkyl carbamates (subject to hydrolysis) is 1. The third-order valence-electron chi connectivity index (χ3n) is 3.29. The number of hydrogen-bond donors (Lipinski definition) is 1. The highest BCUT2D eigenvalue weighted by molar-refractivity contribution is 5.67. The molecule has 7 nitrogen and oxygen atoms in total. The minimum atomic E-state index is -0.541. The van der Waals surface area contributed by atoms with E-state index in [4.69, 9.17) is 9.26 Å². The van der Waals surface area contributed by atoms with E-state index in [-0.39, 0.29) is 6.54 Å². The van der Waals surface area contributed by atoms with Crippen LogP contribution in [0.2, 0.25) is 0 Å². The Hall–Kier alpha value is -2.44. The molecule has 0 radical (unpaired) electrons. The van der Waals surface area contributed by atoms with Crippen LogP contribution in [0.25, 0.3) is 11.4 Å². The summed E-state index contributed by atoms with van der Waals surface area (Å²) in [6.45, 7) is 5.54. The van der Waals surface area contributed by atoms with Crippen LogP contribution in [0.4, 0.5) is 4.79 Å². The molecule has 0 atom stereocenters. The first-order valence-electron chi connectivity index (χ1n) is 7.66. The van der Waals surface area contributed by atoms with Crippen molar-refractivity contribution in [2.45, 2.75) is 51.7 Å². The number of carbonyl (C=O) groups is 1. The smallest absolute Gasteiger partial charge is 0.408 e. The average molecular weight is 316 g/mol. The summed E-state index contributed by atoms with van der Waals surface area (Å²) < 4.78 is 10.3. The molecule has 2 heterocycles. The zero-order valence-electron chi connectivity index (χ0n) is 13.5. The van der Waals surface area contributed by atoms with Crippen molar-refractivity contribution in [3.8, 4) is 11.4 Å². The van der Waals surface area contributed by atoms with Crippen LogP contribution in [0.5, 0.6) is 0 Å². The molecule has 0 saturated heterocycles. The number of hydrogen-bond acceptors (Lipinski definition) is 6. The highest BCUT2D eigenvalue weighted by atomic mass is 16.6. The van der Waals surface area contributed by atoms with Crippen LogP contribution in [-0.2, 0) is 11.3 Å². The van der Waals surface area contributed by atoms with Crippen LogP contribution in [0.1, 0.15) is 51.1 Å². The summed E-state index contributed by atoms with van der Waals surface area (Å²) in [7, 11) is 0. The van der Waals surface area contributed by atoms with E-state index in [0.717, 1.165) is 11.3 Å². The second-order valence-corrected chi connectivity index (χ2v) is 6.61. The average Bonchev–Trinajstić information content (AvgIpc) is 3.22. The number of nitrogens with zero attached hydrogens (tertiary/aromatic N) is 3. The van der Waals surface area contributed by atoms with Crippen molar-refractivity contribution in [1.82, 2.24) is 20.4 Å². The molecule has 3 rings (SSSR count). The zero-order chi connectivity index (χ0) is 16.4. The summed E-state index contributed by atoms with van der Waals surface area (Å²) in [6, 6.07) is 3.84. The van der Waals surface area contributed by atoms with E-state index >= 15 is 0 Å². The van der Waals surface area contributed by atoms with E-state index in [0.29, 0.717) is 17.6 Å². The summed E-state index contributed by atoms with van der Waals surface area (Å²) in [5, 5.41) is 6.54. The highest BCUT2D eigenvalue weighted by Gasteiger charge is 2.25. The first-order chi connectivity index (χ1) is 10.9. The normalized spacial score (nSPS) is 14.6. The predicted molar refractivity (Wildman–Crippen MR) is 82.6 cm³/mol. The fourth-order valence-electron chi connectivity index (χ4n) is 2.10. The lowest BCUT2D eigenvalue weighted by Crippen LogP contribution is -2.32. The quantitative estimate of drug-likeness (QED) is 0.932. The molecule has 1 saturated carbocycles.